The summed E-state index contributed by atoms with van der Waals surface area (Å²) in [6.45, 7) is -0.682. The Balaban J connectivity index is 5.39. The van der Waals surface area contributed by atoms with Crippen molar-refractivity contribution >= 4 is 48.2 Å². The Hall–Kier alpha value is -3.11. The third-order valence-corrected chi connectivity index (χ3v) is 4.61. The number of aliphatic carboxylic acids is 1. The molecule has 0 aromatic carbocycles. The van der Waals surface area contributed by atoms with Gasteiger partial charge in [0.05, 0.1) is 12.6 Å². The van der Waals surface area contributed by atoms with Crippen molar-refractivity contribution in [1.29, 1.82) is 0 Å². The van der Waals surface area contributed by atoms with Crippen molar-refractivity contribution < 1.29 is 34.2 Å². The van der Waals surface area contributed by atoms with Crippen LogP contribution in [0.15, 0.2) is 4.99 Å². The van der Waals surface area contributed by atoms with Crippen LogP contribution in [-0.2, 0) is 24.0 Å². The van der Waals surface area contributed by atoms with Crippen LogP contribution in [0.4, 0.5) is 0 Å². The molecule has 15 nitrogen and oxygen atoms in total. The first-order valence-corrected chi connectivity index (χ1v) is 10.5. The number of rotatable bonds is 16. The second-order valence-electron chi connectivity index (χ2n) is 6.95. The van der Waals surface area contributed by atoms with E-state index in [0.717, 1.165) is 0 Å². The molecule has 4 atom stereocenters. The summed E-state index contributed by atoms with van der Waals surface area (Å²) in [7, 11) is 0. The average molecular weight is 493 g/mol. The van der Waals surface area contributed by atoms with E-state index < -0.39 is 60.4 Å². The molecule has 0 aliphatic rings. The molecular formula is C17H32N8O7S. The van der Waals surface area contributed by atoms with Gasteiger partial charge in [0, 0.05) is 18.7 Å². The van der Waals surface area contributed by atoms with Gasteiger partial charge in [0.25, 0.3) is 0 Å². The van der Waals surface area contributed by atoms with Crippen LogP contribution < -0.4 is 38.9 Å². The van der Waals surface area contributed by atoms with Crippen LogP contribution >= 0.6 is 12.6 Å². The highest BCUT2D eigenvalue weighted by atomic mass is 32.1. The monoisotopic (exact) mass is 492 g/mol. The van der Waals surface area contributed by atoms with Gasteiger partial charge in [-0.15, -0.1) is 0 Å². The number of aliphatic hydroxyl groups excluding tert-OH is 1. The molecule has 0 spiro atoms. The fourth-order valence-corrected chi connectivity index (χ4v) is 2.58. The molecule has 0 saturated heterocycles. The number of thiol groups is 1. The number of amides is 4. The third kappa shape index (κ3) is 12.5. The number of carbonyl (C=O) groups excluding carboxylic acids is 4. The number of aliphatic imine (C=N–C) groups is 1. The van der Waals surface area contributed by atoms with Gasteiger partial charge in [-0.3, -0.25) is 24.2 Å². The first-order chi connectivity index (χ1) is 15.4. The molecule has 188 valence electrons. The minimum absolute atomic E-state index is 0.0106. The maximum atomic E-state index is 12.7. The number of carbonyl (C=O) groups is 5. The second-order valence-corrected chi connectivity index (χ2v) is 7.31. The van der Waals surface area contributed by atoms with Crippen LogP contribution in [0.1, 0.15) is 25.7 Å². The molecule has 16 heteroatoms. The number of nitrogens with two attached hydrogens (primary N) is 4. The number of nitrogens with zero attached hydrogens (tertiary/aromatic N) is 1. The number of primary amides is 1. The number of nitrogens with one attached hydrogen (secondary N) is 3. The van der Waals surface area contributed by atoms with Crippen LogP contribution in [-0.4, -0.2) is 88.8 Å². The second kappa shape index (κ2) is 15.7. The topological polar surface area (TPSA) is 278 Å². The number of carboxylic acid groups (broad SMARTS) is 1. The molecule has 0 radical (unpaired) electrons. The maximum absolute atomic E-state index is 12.7. The lowest BCUT2D eigenvalue weighted by atomic mass is 10.1. The molecule has 0 rings (SSSR count). The van der Waals surface area contributed by atoms with Gasteiger partial charge < -0.3 is 49.1 Å². The summed E-state index contributed by atoms with van der Waals surface area (Å²) in [6.07, 6.45) is -0.348. The van der Waals surface area contributed by atoms with Crippen molar-refractivity contribution in [3.05, 3.63) is 0 Å². The van der Waals surface area contributed by atoms with E-state index in [9.17, 15) is 34.2 Å². The Kier molecular flexibility index (Phi) is 14.2. The van der Waals surface area contributed by atoms with Crippen molar-refractivity contribution in [1.82, 2.24) is 16.0 Å². The van der Waals surface area contributed by atoms with Gasteiger partial charge in [-0.05, 0) is 19.3 Å². The molecule has 0 aromatic rings. The molecule has 0 fully saturated rings. The van der Waals surface area contributed by atoms with E-state index >= 15 is 0 Å². The lowest BCUT2D eigenvalue weighted by Crippen LogP contribution is -2.58. The molecule has 33 heavy (non-hydrogen) atoms. The number of carboxylic acids is 1. The summed E-state index contributed by atoms with van der Waals surface area (Å²) in [6, 6.07) is -5.17. The minimum Gasteiger partial charge on any atom is -0.480 e. The first-order valence-electron chi connectivity index (χ1n) is 9.87. The van der Waals surface area contributed by atoms with E-state index in [-0.39, 0.29) is 43.9 Å². The fourth-order valence-electron chi connectivity index (χ4n) is 2.42. The molecule has 0 heterocycles. The molecule has 13 N–H and O–H groups in total. The molecular weight excluding hydrogens is 460 g/mol. The minimum atomic E-state index is -1.44. The van der Waals surface area contributed by atoms with Crippen molar-refractivity contribution in [3.8, 4) is 0 Å². The SMILES string of the molecule is NC(=O)CCC(NC(=O)C(CCCN=C(N)N)NC(=O)C(CO)NC(=O)C(N)CS)C(=O)O. The molecule has 0 aromatic heterocycles. The van der Waals surface area contributed by atoms with Gasteiger partial charge in [-0.2, -0.15) is 12.6 Å². The van der Waals surface area contributed by atoms with E-state index in [1.54, 1.807) is 0 Å². The van der Waals surface area contributed by atoms with Crippen molar-refractivity contribution in [2.45, 2.75) is 49.9 Å². The van der Waals surface area contributed by atoms with E-state index in [0.29, 0.717) is 0 Å². The Morgan fingerprint density at radius 1 is 0.879 bits per heavy atom. The van der Waals surface area contributed by atoms with Gasteiger partial charge in [-0.25, -0.2) is 4.79 Å². The fraction of sp³-hybridized carbons (Fsp3) is 0.647. The van der Waals surface area contributed by atoms with Gasteiger partial charge in [-0.1, -0.05) is 0 Å². The summed E-state index contributed by atoms with van der Waals surface area (Å²) in [5, 5.41) is 25.5. The van der Waals surface area contributed by atoms with Crippen LogP contribution in [0, 0.1) is 0 Å². The van der Waals surface area contributed by atoms with Crippen molar-refractivity contribution in [3.63, 3.8) is 0 Å². The van der Waals surface area contributed by atoms with Gasteiger partial charge >= 0.3 is 5.97 Å². The molecule has 4 unspecified atom stereocenters. The molecule has 0 aliphatic heterocycles. The highest BCUT2D eigenvalue weighted by molar-refractivity contribution is 7.80. The number of aliphatic hydroxyl groups is 1. The zero-order valence-corrected chi connectivity index (χ0v) is 18.8. The van der Waals surface area contributed by atoms with Gasteiger partial charge in [0.2, 0.25) is 23.6 Å². The first kappa shape index (κ1) is 29.9. The predicted octanol–water partition coefficient (Wildman–Crippen LogP) is -4.91. The van der Waals surface area contributed by atoms with E-state index in [2.05, 4.69) is 33.6 Å². The number of hydrogen-bond acceptors (Lipinski definition) is 9. The van der Waals surface area contributed by atoms with Crippen LogP contribution in [0.2, 0.25) is 0 Å². The summed E-state index contributed by atoms with van der Waals surface area (Å²) < 4.78 is 0. The summed E-state index contributed by atoms with van der Waals surface area (Å²) in [5.41, 5.74) is 21.0. The maximum Gasteiger partial charge on any atom is 0.326 e. The Bertz CT molecular complexity index is 732. The highest BCUT2D eigenvalue weighted by Gasteiger charge is 2.29. The van der Waals surface area contributed by atoms with Crippen LogP contribution in [0.3, 0.4) is 0 Å². The summed E-state index contributed by atoms with van der Waals surface area (Å²) >= 11 is 3.87. The van der Waals surface area contributed by atoms with E-state index in [1.165, 1.54) is 0 Å². The lowest BCUT2D eigenvalue weighted by Gasteiger charge is -2.24. The zero-order chi connectivity index (χ0) is 25.6. The standard InChI is InChI=1S/C17H32N8O7S/c18-8(7-33)13(28)25-11(6-26)15(30)23-9(2-1-5-22-17(20)21)14(29)24-10(16(31)32)3-4-12(19)27/h8-11,26,33H,1-7,18H2,(H2,19,27)(H,23,30)(H,24,29)(H,25,28)(H,31,32)(H4,20,21,22). The van der Waals surface area contributed by atoms with Crippen molar-refractivity contribution in [2.75, 3.05) is 18.9 Å². The number of guanidine groups is 1. The van der Waals surface area contributed by atoms with Gasteiger partial charge in [0.15, 0.2) is 5.96 Å². The normalized spacial score (nSPS) is 14.2. The smallest absolute Gasteiger partial charge is 0.326 e. The van der Waals surface area contributed by atoms with Crippen molar-refractivity contribution in [2.24, 2.45) is 27.9 Å². The van der Waals surface area contributed by atoms with E-state index in [4.69, 9.17) is 22.9 Å². The predicted molar refractivity (Wildman–Crippen MR) is 121 cm³/mol. The molecule has 0 bridgehead atoms. The number of hydrogen-bond donors (Lipinski definition) is 10. The highest BCUT2D eigenvalue weighted by Crippen LogP contribution is 2.04. The third-order valence-electron chi connectivity index (χ3n) is 4.22. The molecule has 4 amide bonds. The van der Waals surface area contributed by atoms with E-state index in [1.807, 2.05) is 0 Å². The Morgan fingerprint density at radius 3 is 1.91 bits per heavy atom. The van der Waals surface area contributed by atoms with Crippen LogP contribution in [0.25, 0.3) is 0 Å². The summed E-state index contributed by atoms with van der Waals surface area (Å²) in [5.74, 6) is -4.88. The summed E-state index contributed by atoms with van der Waals surface area (Å²) in [4.78, 5) is 63.2. The largest absolute Gasteiger partial charge is 0.480 e. The zero-order valence-electron chi connectivity index (χ0n) is 17.9. The van der Waals surface area contributed by atoms with Crippen LogP contribution in [0.5, 0.6) is 0 Å². The van der Waals surface area contributed by atoms with Gasteiger partial charge in [0.1, 0.15) is 18.1 Å². The average Bonchev–Trinajstić information content (AvgIpc) is 2.75. The molecule has 0 aliphatic carbocycles. The lowest BCUT2D eigenvalue weighted by molar-refractivity contribution is -0.142. The quantitative estimate of drug-likeness (QED) is 0.0424. The molecule has 0 saturated carbocycles. The Morgan fingerprint density at radius 2 is 1.42 bits per heavy atom. The Labute approximate surface area is 195 Å².